The molecule has 0 aliphatic carbocycles. The first kappa shape index (κ1) is 22.6. The molecule has 8 heteroatoms. The minimum Gasteiger partial charge on any atom is -0.493 e. The second kappa shape index (κ2) is 9.39. The molecule has 1 N–H and O–H groups in total. The Balaban J connectivity index is 0.00000256. The molecule has 162 valence electrons. The molecule has 3 heterocycles. The summed E-state index contributed by atoms with van der Waals surface area (Å²) in [7, 11) is 5.07. The predicted octanol–water partition coefficient (Wildman–Crippen LogP) is 3.50. The number of rotatable bonds is 5. The van der Waals surface area contributed by atoms with Gasteiger partial charge < -0.3 is 19.4 Å². The zero-order valence-electron chi connectivity index (χ0n) is 17.7. The Morgan fingerprint density at radius 3 is 2.67 bits per heavy atom. The minimum atomic E-state index is 0. The van der Waals surface area contributed by atoms with Gasteiger partial charge in [-0.05, 0) is 30.7 Å². The van der Waals surface area contributed by atoms with Gasteiger partial charge in [0, 0.05) is 60.6 Å². The fourth-order valence-electron chi connectivity index (χ4n) is 3.97. The number of fused-ring (bicyclic) bond motifs is 1. The molecule has 1 unspecified atom stereocenters. The Hall–Kier alpha value is -2.06. The van der Waals surface area contributed by atoms with Crippen molar-refractivity contribution < 1.29 is 9.47 Å². The zero-order valence-corrected chi connectivity index (χ0v) is 19.4. The average molecular weight is 450 g/mol. The Morgan fingerprint density at radius 1 is 1.20 bits per heavy atom. The number of methoxy groups -OCH3 is 2. The molecule has 1 fully saturated rings. The molecule has 0 amide bonds. The second-order valence-electron chi connectivity index (χ2n) is 7.57. The third-order valence-electron chi connectivity index (χ3n) is 5.43. The maximum absolute atomic E-state index is 12.8. The summed E-state index contributed by atoms with van der Waals surface area (Å²) in [5.41, 5.74) is 2.08. The molecule has 4 rings (SSSR count). The van der Waals surface area contributed by atoms with Crippen molar-refractivity contribution in [3.05, 3.63) is 45.7 Å². The van der Waals surface area contributed by atoms with Gasteiger partial charge in [0.05, 0.1) is 19.6 Å². The lowest BCUT2D eigenvalue weighted by Gasteiger charge is -2.31. The number of piperazine rings is 1. The second-order valence-corrected chi connectivity index (χ2v) is 8.71. The highest BCUT2D eigenvalue weighted by molar-refractivity contribution is 7.19. The summed E-state index contributed by atoms with van der Waals surface area (Å²) in [5, 5.41) is 4.26. The predicted molar refractivity (Wildman–Crippen MR) is 126 cm³/mol. The number of aryl methyl sites for hydroxylation is 1. The van der Waals surface area contributed by atoms with Crippen LogP contribution in [0.2, 0.25) is 0 Å². The molecule has 0 spiro atoms. The van der Waals surface area contributed by atoms with Crippen molar-refractivity contribution in [2.45, 2.75) is 19.5 Å². The highest BCUT2D eigenvalue weighted by Crippen LogP contribution is 2.37. The first-order valence-corrected chi connectivity index (χ1v) is 10.6. The summed E-state index contributed by atoms with van der Waals surface area (Å²) in [6.45, 7) is 6.14. The largest absolute Gasteiger partial charge is 0.493 e. The normalized spacial score (nSPS) is 17.0. The van der Waals surface area contributed by atoms with E-state index in [0.29, 0.717) is 17.5 Å². The van der Waals surface area contributed by atoms with Crippen molar-refractivity contribution in [2.24, 2.45) is 7.05 Å². The molecule has 1 aliphatic heterocycles. The van der Waals surface area contributed by atoms with E-state index in [1.807, 2.05) is 24.4 Å². The molecule has 0 radical (unpaired) electrons. The highest BCUT2D eigenvalue weighted by Gasteiger charge is 2.19. The third-order valence-corrected chi connectivity index (χ3v) is 6.58. The Bertz CT molecular complexity index is 1100. The SMILES string of the molecule is COc1ccc(-c2cn(C)c(=O)c3cc(CN4CCNC(C)C4)sc23)cc1OC.Cl. The molecule has 30 heavy (non-hydrogen) atoms. The van der Waals surface area contributed by atoms with E-state index in [-0.39, 0.29) is 18.0 Å². The summed E-state index contributed by atoms with van der Waals surface area (Å²) in [6, 6.07) is 8.45. The van der Waals surface area contributed by atoms with Gasteiger partial charge in [0.25, 0.3) is 5.56 Å². The Kier molecular flexibility index (Phi) is 7.08. The van der Waals surface area contributed by atoms with E-state index < -0.39 is 0 Å². The van der Waals surface area contributed by atoms with Crippen molar-refractivity contribution >= 4 is 33.8 Å². The topological polar surface area (TPSA) is 55.7 Å². The van der Waals surface area contributed by atoms with Crippen LogP contribution in [0.15, 0.2) is 35.3 Å². The van der Waals surface area contributed by atoms with Crippen molar-refractivity contribution in [3.63, 3.8) is 0 Å². The number of nitrogens with zero attached hydrogens (tertiary/aromatic N) is 2. The maximum Gasteiger partial charge on any atom is 0.259 e. The van der Waals surface area contributed by atoms with Crippen LogP contribution < -0.4 is 20.3 Å². The Morgan fingerprint density at radius 2 is 1.97 bits per heavy atom. The lowest BCUT2D eigenvalue weighted by molar-refractivity contribution is 0.201. The van der Waals surface area contributed by atoms with Gasteiger partial charge in [-0.25, -0.2) is 0 Å². The van der Waals surface area contributed by atoms with Crippen molar-refractivity contribution in [1.82, 2.24) is 14.8 Å². The quantitative estimate of drug-likeness (QED) is 0.646. The lowest BCUT2D eigenvalue weighted by Crippen LogP contribution is -2.48. The van der Waals surface area contributed by atoms with Gasteiger partial charge in [-0.15, -0.1) is 23.7 Å². The fourth-order valence-corrected chi connectivity index (χ4v) is 5.19. The van der Waals surface area contributed by atoms with E-state index in [2.05, 4.69) is 23.2 Å². The summed E-state index contributed by atoms with van der Waals surface area (Å²) in [5.74, 6) is 1.37. The van der Waals surface area contributed by atoms with Crippen LogP contribution in [-0.2, 0) is 13.6 Å². The molecule has 0 bridgehead atoms. The van der Waals surface area contributed by atoms with Gasteiger partial charge in [-0.2, -0.15) is 0 Å². The van der Waals surface area contributed by atoms with Crippen LogP contribution in [0, 0.1) is 0 Å². The number of halogens is 1. The van der Waals surface area contributed by atoms with Crippen LogP contribution in [0.5, 0.6) is 11.5 Å². The average Bonchev–Trinajstić information content (AvgIpc) is 3.14. The number of benzene rings is 1. The summed E-state index contributed by atoms with van der Waals surface area (Å²) >= 11 is 1.71. The molecule has 3 aromatic rings. The van der Waals surface area contributed by atoms with Crippen LogP contribution in [-0.4, -0.2) is 49.4 Å². The number of hydrogen-bond acceptors (Lipinski definition) is 6. The summed E-state index contributed by atoms with van der Waals surface area (Å²) in [6.07, 6.45) is 1.92. The number of pyridine rings is 1. The lowest BCUT2D eigenvalue weighted by atomic mass is 10.1. The maximum atomic E-state index is 12.8. The van der Waals surface area contributed by atoms with Crippen LogP contribution in [0.3, 0.4) is 0 Å². The molecular weight excluding hydrogens is 422 g/mol. The van der Waals surface area contributed by atoms with Gasteiger partial charge in [0.2, 0.25) is 0 Å². The zero-order chi connectivity index (χ0) is 20.5. The van der Waals surface area contributed by atoms with E-state index in [1.54, 1.807) is 37.2 Å². The molecular formula is C22H28ClN3O3S. The molecule has 1 aromatic carbocycles. The Labute approximate surface area is 186 Å². The summed E-state index contributed by atoms with van der Waals surface area (Å²) < 4.78 is 13.5. The summed E-state index contributed by atoms with van der Waals surface area (Å²) in [4.78, 5) is 16.5. The van der Waals surface area contributed by atoms with Crippen molar-refractivity contribution in [1.29, 1.82) is 0 Å². The van der Waals surface area contributed by atoms with Gasteiger partial charge >= 0.3 is 0 Å². The number of ether oxygens (including phenoxy) is 2. The van der Waals surface area contributed by atoms with Crippen molar-refractivity contribution in [3.8, 4) is 22.6 Å². The van der Waals surface area contributed by atoms with E-state index in [0.717, 1.165) is 47.4 Å². The molecule has 0 saturated carbocycles. The van der Waals surface area contributed by atoms with Crippen LogP contribution >= 0.6 is 23.7 Å². The number of aromatic nitrogens is 1. The standard InChI is InChI=1S/C22H27N3O3S.ClH/c1-14-11-25(8-7-23-14)12-16-10-17-21(29-16)18(13-24(2)22(17)26)15-5-6-19(27-3)20(9-15)28-4;/h5-6,9-10,13-14,23H,7-8,11-12H2,1-4H3;1H. The molecule has 1 saturated heterocycles. The third kappa shape index (κ3) is 4.34. The monoisotopic (exact) mass is 449 g/mol. The molecule has 1 aliphatic rings. The van der Waals surface area contributed by atoms with Crippen LogP contribution in [0.25, 0.3) is 21.2 Å². The van der Waals surface area contributed by atoms with E-state index in [1.165, 1.54) is 4.88 Å². The highest BCUT2D eigenvalue weighted by atomic mass is 35.5. The van der Waals surface area contributed by atoms with E-state index in [9.17, 15) is 4.79 Å². The van der Waals surface area contributed by atoms with E-state index in [4.69, 9.17) is 9.47 Å². The smallest absolute Gasteiger partial charge is 0.259 e. The molecule has 1 atom stereocenters. The molecule has 2 aromatic heterocycles. The first-order valence-electron chi connectivity index (χ1n) is 9.80. The van der Waals surface area contributed by atoms with Crippen molar-refractivity contribution in [2.75, 3.05) is 33.9 Å². The van der Waals surface area contributed by atoms with E-state index >= 15 is 0 Å². The number of hydrogen-bond donors (Lipinski definition) is 1. The van der Waals surface area contributed by atoms with Gasteiger partial charge in [-0.1, -0.05) is 6.07 Å². The van der Waals surface area contributed by atoms with Crippen LogP contribution in [0.1, 0.15) is 11.8 Å². The number of nitrogens with one attached hydrogen (secondary N) is 1. The first-order chi connectivity index (χ1) is 14.0. The van der Waals surface area contributed by atoms with Gasteiger partial charge in [0.15, 0.2) is 11.5 Å². The molecule has 6 nitrogen and oxygen atoms in total. The van der Waals surface area contributed by atoms with Gasteiger partial charge in [0.1, 0.15) is 0 Å². The van der Waals surface area contributed by atoms with Gasteiger partial charge in [-0.3, -0.25) is 9.69 Å². The van der Waals surface area contributed by atoms with Crippen LogP contribution in [0.4, 0.5) is 0 Å². The fraction of sp³-hybridized carbons (Fsp3) is 0.409. The minimum absolute atomic E-state index is 0. The number of thiophene rings is 1.